The van der Waals surface area contributed by atoms with Gasteiger partial charge in [0.2, 0.25) is 11.8 Å². The van der Waals surface area contributed by atoms with Crippen LogP contribution in [0.15, 0.2) is 81.9 Å². The predicted octanol–water partition coefficient (Wildman–Crippen LogP) is 5.01. The first-order valence-electron chi connectivity index (χ1n) is 12.0. The number of amides is 2. The molecule has 1 aliphatic heterocycles. The number of phenolic OH excluding ortho intramolecular Hbond substituents is 1. The Balaban J connectivity index is 1.47. The number of nitrogens with zero attached hydrogens (tertiary/aromatic N) is 1. The molecule has 4 aliphatic rings. The van der Waals surface area contributed by atoms with E-state index < -0.39 is 23.7 Å². The smallest absolute Gasteiger partial charge is 0.234 e. The molecule has 1 fully saturated rings. The molecule has 186 valence electrons. The van der Waals surface area contributed by atoms with Gasteiger partial charge in [-0.2, -0.15) is 0 Å². The van der Waals surface area contributed by atoms with E-state index in [1.165, 1.54) is 17.0 Å². The molecule has 37 heavy (non-hydrogen) atoms. The summed E-state index contributed by atoms with van der Waals surface area (Å²) in [6.45, 7) is 0.186. The number of phenols is 1. The lowest BCUT2D eigenvalue weighted by atomic mass is 9.59. The van der Waals surface area contributed by atoms with Crippen molar-refractivity contribution in [3.05, 3.63) is 98.0 Å². The van der Waals surface area contributed by atoms with E-state index in [2.05, 4.69) is 15.9 Å². The number of halogens is 2. The van der Waals surface area contributed by atoms with E-state index in [0.29, 0.717) is 28.2 Å². The second kappa shape index (κ2) is 8.92. The van der Waals surface area contributed by atoms with Crippen LogP contribution in [0, 0.1) is 17.8 Å². The van der Waals surface area contributed by atoms with Crippen molar-refractivity contribution in [2.24, 2.45) is 17.8 Å². The monoisotopic (exact) mass is 577 g/mol. The number of fused-ring (bicyclic) bond motifs is 3. The molecule has 8 heteroatoms. The van der Waals surface area contributed by atoms with Crippen LogP contribution in [0.1, 0.15) is 29.9 Å². The van der Waals surface area contributed by atoms with Crippen LogP contribution in [0.5, 0.6) is 5.75 Å². The number of hydrogen-bond acceptors (Lipinski definition) is 5. The topological polar surface area (TPSA) is 91.8 Å². The van der Waals surface area contributed by atoms with Crippen LogP contribution in [0.3, 0.4) is 0 Å². The van der Waals surface area contributed by atoms with E-state index in [9.17, 15) is 24.3 Å². The minimum atomic E-state index is -0.743. The molecule has 0 aromatic heterocycles. The first kappa shape index (κ1) is 24.1. The number of benzene rings is 2. The molecular formula is C29H21BrClNO5. The van der Waals surface area contributed by atoms with Gasteiger partial charge in [0, 0.05) is 33.7 Å². The van der Waals surface area contributed by atoms with Crippen LogP contribution in [0.2, 0.25) is 5.02 Å². The molecule has 4 atom stereocenters. The van der Waals surface area contributed by atoms with Gasteiger partial charge in [-0.1, -0.05) is 53.6 Å². The number of aromatic hydroxyl groups is 1. The highest BCUT2D eigenvalue weighted by molar-refractivity contribution is 9.12. The van der Waals surface area contributed by atoms with Gasteiger partial charge in [0.15, 0.2) is 11.6 Å². The Labute approximate surface area is 226 Å². The number of rotatable bonds is 3. The van der Waals surface area contributed by atoms with Gasteiger partial charge < -0.3 is 5.11 Å². The number of allylic oxidation sites excluding steroid dienone is 6. The second-order valence-electron chi connectivity index (χ2n) is 9.84. The average molecular weight is 579 g/mol. The Morgan fingerprint density at radius 1 is 1.00 bits per heavy atom. The number of likely N-dealkylation sites (tertiary alicyclic amines) is 1. The number of hydrogen-bond donors (Lipinski definition) is 1. The molecule has 2 aromatic rings. The fourth-order valence-corrected chi connectivity index (χ4v) is 6.93. The minimum absolute atomic E-state index is 0.0571. The number of imide groups is 1. The molecule has 1 N–H and O–H groups in total. The van der Waals surface area contributed by atoms with Gasteiger partial charge in [-0.05, 0) is 58.5 Å². The van der Waals surface area contributed by atoms with E-state index >= 15 is 0 Å². The van der Waals surface area contributed by atoms with Crippen molar-refractivity contribution in [2.75, 3.05) is 0 Å². The van der Waals surface area contributed by atoms with Crippen molar-refractivity contribution in [3.8, 4) is 5.75 Å². The van der Waals surface area contributed by atoms with Crippen LogP contribution in [-0.2, 0) is 25.7 Å². The number of Topliss-reactive ketones (excluding diaryl/α,β-unsaturated/α-hetero) is 1. The maximum atomic E-state index is 13.8. The van der Waals surface area contributed by atoms with Gasteiger partial charge in [-0.25, -0.2) is 0 Å². The second-order valence-corrected chi connectivity index (χ2v) is 11.1. The predicted molar refractivity (Wildman–Crippen MR) is 140 cm³/mol. The van der Waals surface area contributed by atoms with Crippen molar-refractivity contribution in [1.82, 2.24) is 4.90 Å². The normalized spacial score (nSPS) is 27.0. The van der Waals surface area contributed by atoms with Gasteiger partial charge in [-0.3, -0.25) is 24.1 Å². The van der Waals surface area contributed by atoms with Gasteiger partial charge in [0.05, 0.1) is 22.9 Å². The Bertz CT molecular complexity index is 1490. The fourth-order valence-electron chi connectivity index (χ4n) is 6.31. The number of carbonyl (C=O) groups is 4. The molecule has 0 saturated carbocycles. The highest BCUT2D eigenvalue weighted by Crippen LogP contribution is 2.56. The van der Waals surface area contributed by atoms with E-state index in [4.69, 9.17) is 11.6 Å². The Morgan fingerprint density at radius 3 is 2.51 bits per heavy atom. The molecule has 2 amide bonds. The van der Waals surface area contributed by atoms with Crippen molar-refractivity contribution >= 4 is 50.9 Å². The third-order valence-electron chi connectivity index (χ3n) is 7.91. The summed E-state index contributed by atoms with van der Waals surface area (Å²) in [6.07, 6.45) is 3.69. The molecule has 0 radical (unpaired) electrons. The molecule has 4 unspecified atom stereocenters. The van der Waals surface area contributed by atoms with Gasteiger partial charge in [0.1, 0.15) is 5.75 Å². The van der Waals surface area contributed by atoms with Gasteiger partial charge in [-0.15, -0.1) is 0 Å². The van der Waals surface area contributed by atoms with E-state index in [1.54, 1.807) is 12.1 Å². The van der Waals surface area contributed by atoms with Crippen LogP contribution in [-0.4, -0.2) is 33.4 Å². The zero-order valence-electron chi connectivity index (χ0n) is 19.5. The van der Waals surface area contributed by atoms with Crippen molar-refractivity contribution < 1.29 is 24.3 Å². The largest absolute Gasteiger partial charge is 0.508 e. The summed E-state index contributed by atoms with van der Waals surface area (Å²) in [5.74, 6) is -3.58. The molecule has 6 rings (SSSR count). The van der Waals surface area contributed by atoms with Gasteiger partial charge >= 0.3 is 0 Å². The first-order chi connectivity index (χ1) is 17.8. The van der Waals surface area contributed by atoms with Gasteiger partial charge in [0.25, 0.3) is 0 Å². The summed E-state index contributed by atoms with van der Waals surface area (Å²) < 4.78 is 0.157. The first-order valence-corrected chi connectivity index (χ1v) is 13.2. The molecular weight excluding hydrogens is 558 g/mol. The Hall–Kier alpha value is -3.29. The lowest BCUT2D eigenvalue weighted by Gasteiger charge is -2.42. The molecule has 6 nitrogen and oxygen atoms in total. The summed E-state index contributed by atoms with van der Waals surface area (Å²) in [5, 5.41) is 11.2. The highest BCUT2D eigenvalue weighted by atomic mass is 79.9. The van der Waals surface area contributed by atoms with Crippen molar-refractivity contribution in [2.45, 2.75) is 25.3 Å². The summed E-state index contributed by atoms with van der Waals surface area (Å²) in [7, 11) is 0. The number of carbonyl (C=O) groups excluding carboxylic acids is 4. The average Bonchev–Trinajstić information content (AvgIpc) is 3.13. The summed E-state index contributed by atoms with van der Waals surface area (Å²) >= 11 is 9.49. The third kappa shape index (κ3) is 3.75. The van der Waals surface area contributed by atoms with Crippen molar-refractivity contribution in [1.29, 1.82) is 0 Å². The molecule has 1 saturated heterocycles. The van der Waals surface area contributed by atoms with Crippen molar-refractivity contribution in [3.63, 3.8) is 0 Å². The van der Waals surface area contributed by atoms with Crippen LogP contribution >= 0.6 is 27.5 Å². The Kier molecular flexibility index (Phi) is 5.81. The van der Waals surface area contributed by atoms with Crippen LogP contribution in [0.4, 0.5) is 0 Å². The summed E-state index contributed by atoms with van der Waals surface area (Å²) in [6, 6.07) is 13.9. The quantitative estimate of drug-likeness (QED) is 0.314. The lowest BCUT2D eigenvalue weighted by Crippen LogP contribution is -2.39. The summed E-state index contributed by atoms with van der Waals surface area (Å²) in [4.78, 5) is 55.0. The minimum Gasteiger partial charge on any atom is -0.508 e. The van der Waals surface area contributed by atoms with E-state index in [0.717, 1.165) is 11.1 Å². The molecule has 0 spiro atoms. The maximum Gasteiger partial charge on any atom is 0.234 e. The molecule has 2 aromatic carbocycles. The SMILES string of the molecule is O=C1C=C(Br)C(=O)C2=C1C(c1cc(Cl)ccc1O)C1=CCC3C(=O)N(Cc4ccccc4)C(=O)C3C1C2. The number of ketones is 2. The van der Waals surface area contributed by atoms with E-state index in [-0.39, 0.29) is 46.6 Å². The summed E-state index contributed by atoms with van der Waals surface area (Å²) in [5.41, 5.74) is 2.64. The highest BCUT2D eigenvalue weighted by Gasteiger charge is 2.56. The Morgan fingerprint density at radius 2 is 1.76 bits per heavy atom. The zero-order valence-corrected chi connectivity index (χ0v) is 21.8. The van der Waals surface area contributed by atoms with Crippen LogP contribution < -0.4 is 0 Å². The third-order valence-corrected chi connectivity index (χ3v) is 8.73. The molecule has 1 heterocycles. The van der Waals surface area contributed by atoms with Crippen LogP contribution in [0.25, 0.3) is 0 Å². The fraction of sp³-hybridized carbons (Fsp3) is 0.241. The lowest BCUT2D eigenvalue weighted by molar-refractivity contribution is -0.140. The standard InChI is InChI=1S/C29H21BrClNO5/c30-21-12-23(34)26-20(27(21)35)11-18-16(24(26)19-10-15(31)6-9-22(19)33)7-8-17-25(18)29(37)32(28(17)36)13-14-4-2-1-3-5-14/h1-7,9-10,12,17-18,24-25,33H,8,11,13H2. The maximum absolute atomic E-state index is 13.8. The zero-order chi connectivity index (χ0) is 26.0. The molecule has 3 aliphatic carbocycles. The molecule has 0 bridgehead atoms. The van der Waals surface area contributed by atoms with E-state index in [1.807, 2.05) is 36.4 Å².